The molecule has 2 amide bonds. The summed E-state index contributed by atoms with van der Waals surface area (Å²) in [5.74, 6) is -0.253. The van der Waals surface area contributed by atoms with Crippen molar-refractivity contribution < 1.29 is 9.59 Å². The molecule has 1 aromatic heterocycles. The van der Waals surface area contributed by atoms with E-state index in [-0.39, 0.29) is 24.3 Å². The number of rotatable bonds is 5. The lowest BCUT2D eigenvalue weighted by molar-refractivity contribution is -0.119. The summed E-state index contributed by atoms with van der Waals surface area (Å²) >= 11 is 0. The maximum Gasteiger partial charge on any atom is 0.279 e. The summed E-state index contributed by atoms with van der Waals surface area (Å²) in [6.45, 7) is 5.97. The van der Waals surface area contributed by atoms with Crippen molar-refractivity contribution in [3.63, 3.8) is 0 Å². The van der Waals surface area contributed by atoms with Gasteiger partial charge in [0.15, 0.2) is 5.69 Å². The molecule has 6 nitrogen and oxygen atoms in total. The van der Waals surface area contributed by atoms with Crippen LogP contribution in [0.4, 0.5) is 5.69 Å². The number of amides is 2. The topological polar surface area (TPSA) is 67.2 Å². The second kappa shape index (κ2) is 7.29. The smallest absolute Gasteiger partial charge is 0.279 e. The van der Waals surface area contributed by atoms with Gasteiger partial charge in [-0.3, -0.25) is 19.2 Å². The number of hydrogen-bond donors (Lipinski definition) is 1. The normalized spacial score (nSPS) is 10.8. The Hall–Kier alpha value is -2.63. The highest BCUT2D eigenvalue weighted by Crippen LogP contribution is 2.22. The molecule has 1 N–H and O–H groups in total. The van der Waals surface area contributed by atoms with Gasteiger partial charge in [-0.25, -0.2) is 0 Å². The largest absolute Gasteiger partial charge is 0.358 e. The molecule has 6 heteroatoms. The number of carbonyl (C=O) groups excluding carboxylic acids is 2. The third kappa shape index (κ3) is 3.64. The molecular formula is C18H24N4O2. The predicted molar refractivity (Wildman–Crippen MR) is 94.2 cm³/mol. The quantitative estimate of drug-likeness (QED) is 0.915. The SMILES string of the molecule is CNC(=O)CN(C(=O)c1cc(C(C)C)n(C)n1)c1ccccc1C. The summed E-state index contributed by atoms with van der Waals surface area (Å²) in [6, 6.07) is 9.30. The van der Waals surface area contributed by atoms with E-state index in [2.05, 4.69) is 24.3 Å². The first-order chi connectivity index (χ1) is 11.3. The molecule has 0 saturated carbocycles. The van der Waals surface area contributed by atoms with Gasteiger partial charge in [0, 0.05) is 25.5 Å². The van der Waals surface area contributed by atoms with E-state index >= 15 is 0 Å². The summed E-state index contributed by atoms with van der Waals surface area (Å²) in [5.41, 5.74) is 2.95. The van der Waals surface area contributed by atoms with Crippen LogP contribution in [-0.4, -0.2) is 35.2 Å². The van der Waals surface area contributed by atoms with E-state index in [0.29, 0.717) is 11.4 Å². The second-order valence-electron chi connectivity index (χ2n) is 6.08. The number of carbonyl (C=O) groups is 2. The van der Waals surface area contributed by atoms with Crippen LogP contribution in [0.2, 0.25) is 0 Å². The maximum absolute atomic E-state index is 13.0. The average molecular weight is 328 g/mol. The zero-order valence-corrected chi connectivity index (χ0v) is 14.8. The van der Waals surface area contributed by atoms with Crippen LogP contribution in [0.5, 0.6) is 0 Å². The predicted octanol–water partition coefficient (Wildman–Crippen LogP) is 2.24. The average Bonchev–Trinajstić information content (AvgIpc) is 2.94. The van der Waals surface area contributed by atoms with Crippen molar-refractivity contribution in [3.8, 4) is 0 Å². The van der Waals surface area contributed by atoms with Crippen LogP contribution in [0.25, 0.3) is 0 Å². The lowest BCUT2D eigenvalue weighted by Gasteiger charge is -2.22. The van der Waals surface area contributed by atoms with Gasteiger partial charge in [-0.1, -0.05) is 32.0 Å². The van der Waals surface area contributed by atoms with Crippen molar-refractivity contribution in [2.75, 3.05) is 18.5 Å². The van der Waals surface area contributed by atoms with Gasteiger partial charge in [-0.2, -0.15) is 5.10 Å². The minimum atomic E-state index is -0.282. The van der Waals surface area contributed by atoms with Gasteiger partial charge in [0.05, 0.1) is 0 Å². The molecule has 1 heterocycles. The number of likely N-dealkylation sites (N-methyl/N-ethyl adjacent to an activating group) is 1. The number of aryl methyl sites for hydroxylation is 2. The summed E-state index contributed by atoms with van der Waals surface area (Å²) in [6.07, 6.45) is 0. The number of benzene rings is 1. The minimum absolute atomic E-state index is 0.0478. The highest BCUT2D eigenvalue weighted by molar-refractivity contribution is 6.08. The molecule has 0 bridgehead atoms. The first-order valence-electron chi connectivity index (χ1n) is 7.97. The van der Waals surface area contributed by atoms with Crippen molar-refractivity contribution in [1.29, 1.82) is 0 Å². The lowest BCUT2D eigenvalue weighted by atomic mass is 10.1. The molecule has 0 unspecified atom stereocenters. The standard InChI is InChI=1S/C18H24N4O2/c1-12(2)16-10-14(20-21(16)5)18(24)22(11-17(23)19-4)15-9-7-6-8-13(15)3/h6-10,12H,11H2,1-5H3,(H,19,23). The van der Waals surface area contributed by atoms with E-state index in [1.54, 1.807) is 17.8 Å². The molecule has 0 saturated heterocycles. The van der Waals surface area contributed by atoms with Gasteiger partial charge in [0.25, 0.3) is 5.91 Å². The molecule has 1 aromatic carbocycles. The number of nitrogens with one attached hydrogen (secondary N) is 1. The van der Waals surface area contributed by atoms with Crippen molar-refractivity contribution in [2.45, 2.75) is 26.7 Å². The summed E-state index contributed by atoms with van der Waals surface area (Å²) in [7, 11) is 3.38. The van der Waals surface area contributed by atoms with Crippen LogP contribution in [0.1, 0.15) is 41.5 Å². The number of aromatic nitrogens is 2. The molecule has 0 spiro atoms. The first-order valence-corrected chi connectivity index (χ1v) is 7.97. The second-order valence-corrected chi connectivity index (χ2v) is 6.08. The molecule has 2 aromatic rings. The fourth-order valence-electron chi connectivity index (χ4n) is 2.62. The number of para-hydroxylation sites is 1. The van der Waals surface area contributed by atoms with Gasteiger partial charge in [-0.15, -0.1) is 0 Å². The zero-order valence-electron chi connectivity index (χ0n) is 14.8. The molecular weight excluding hydrogens is 304 g/mol. The van der Waals surface area contributed by atoms with E-state index in [9.17, 15) is 9.59 Å². The van der Waals surface area contributed by atoms with Crippen LogP contribution < -0.4 is 10.2 Å². The third-order valence-electron chi connectivity index (χ3n) is 3.96. The van der Waals surface area contributed by atoms with E-state index in [1.807, 2.05) is 38.2 Å². The Kier molecular flexibility index (Phi) is 5.39. The van der Waals surface area contributed by atoms with Crippen molar-refractivity contribution in [1.82, 2.24) is 15.1 Å². The van der Waals surface area contributed by atoms with Crippen LogP contribution in [0.3, 0.4) is 0 Å². The molecule has 0 atom stereocenters. The molecule has 0 radical (unpaired) electrons. The molecule has 0 aliphatic carbocycles. The van der Waals surface area contributed by atoms with Crippen molar-refractivity contribution in [2.24, 2.45) is 7.05 Å². The molecule has 0 aliphatic heterocycles. The molecule has 24 heavy (non-hydrogen) atoms. The fraction of sp³-hybridized carbons (Fsp3) is 0.389. The Bertz CT molecular complexity index is 749. The van der Waals surface area contributed by atoms with Crippen LogP contribution in [0.15, 0.2) is 30.3 Å². The monoisotopic (exact) mass is 328 g/mol. The maximum atomic E-state index is 13.0. The first kappa shape index (κ1) is 17.7. The fourth-order valence-corrected chi connectivity index (χ4v) is 2.62. The Morgan fingerprint density at radius 1 is 1.29 bits per heavy atom. The summed E-state index contributed by atoms with van der Waals surface area (Å²) < 4.78 is 1.72. The van der Waals surface area contributed by atoms with Crippen LogP contribution in [0, 0.1) is 6.92 Å². The van der Waals surface area contributed by atoms with E-state index < -0.39 is 0 Å². The third-order valence-corrected chi connectivity index (χ3v) is 3.96. The molecule has 0 fully saturated rings. The highest BCUT2D eigenvalue weighted by atomic mass is 16.2. The minimum Gasteiger partial charge on any atom is -0.358 e. The molecule has 0 aliphatic rings. The zero-order chi connectivity index (χ0) is 17.9. The van der Waals surface area contributed by atoms with Gasteiger partial charge in [-0.05, 0) is 30.5 Å². The lowest BCUT2D eigenvalue weighted by Crippen LogP contribution is -2.40. The summed E-state index contributed by atoms with van der Waals surface area (Å²) in [4.78, 5) is 26.4. The van der Waals surface area contributed by atoms with E-state index in [0.717, 1.165) is 11.3 Å². The summed E-state index contributed by atoms with van der Waals surface area (Å²) in [5, 5.41) is 6.90. The van der Waals surface area contributed by atoms with Gasteiger partial charge < -0.3 is 5.32 Å². The highest BCUT2D eigenvalue weighted by Gasteiger charge is 2.24. The van der Waals surface area contributed by atoms with E-state index in [1.165, 1.54) is 4.90 Å². The van der Waals surface area contributed by atoms with Crippen LogP contribution >= 0.6 is 0 Å². The Morgan fingerprint density at radius 3 is 2.50 bits per heavy atom. The number of hydrogen-bond acceptors (Lipinski definition) is 3. The van der Waals surface area contributed by atoms with Gasteiger partial charge in [0.2, 0.25) is 5.91 Å². The Balaban J connectivity index is 2.43. The van der Waals surface area contributed by atoms with Gasteiger partial charge >= 0.3 is 0 Å². The van der Waals surface area contributed by atoms with Crippen molar-refractivity contribution in [3.05, 3.63) is 47.3 Å². The van der Waals surface area contributed by atoms with E-state index in [4.69, 9.17) is 0 Å². The molecule has 128 valence electrons. The Labute approximate surface area is 142 Å². The van der Waals surface area contributed by atoms with Gasteiger partial charge in [0.1, 0.15) is 6.54 Å². The molecule has 2 rings (SSSR count). The van der Waals surface area contributed by atoms with Crippen molar-refractivity contribution >= 4 is 17.5 Å². The Morgan fingerprint density at radius 2 is 1.96 bits per heavy atom. The number of nitrogens with zero attached hydrogens (tertiary/aromatic N) is 3. The number of anilines is 1. The van der Waals surface area contributed by atoms with Crippen LogP contribution in [-0.2, 0) is 11.8 Å².